The summed E-state index contributed by atoms with van der Waals surface area (Å²) in [6.45, 7) is 2.35. The minimum absolute atomic E-state index is 0.270. The van der Waals surface area contributed by atoms with Crippen LogP contribution in [0.5, 0.6) is 0 Å². The molecule has 4 nitrogen and oxygen atoms in total. The number of nitrogens with one attached hydrogen (secondary N) is 1. The van der Waals surface area contributed by atoms with Gasteiger partial charge in [-0.3, -0.25) is 4.98 Å². The van der Waals surface area contributed by atoms with E-state index in [0.29, 0.717) is 19.3 Å². The summed E-state index contributed by atoms with van der Waals surface area (Å²) in [4.78, 5) is 4.26. The number of hydrogen-bond donors (Lipinski definition) is 1. The summed E-state index contributed by atoms with van der Waals surface area (Å²) in [6.07, 6.45) is 5.56. The first kappa shape index (κ1) is 13.5. The summed E-state index contributed by atoms with van der Waals surface area (Å²) in [7, 11) is 1.96. The van der Waals surface area contributed by atoms with Gasteiger partial charge in [0.15, 0.2) is 0 Å². The van der Waals surface area contributed by atoms with Crippen LogP contribution in [0.25, 0.3) is 0 Å². The van der Waals surface area contributed by atoms with E-state index < -0.39 is 0 Å². The van der Waals surface area contributed by atoms with E-state index in [-0.39, 0.29) is 6.10 Å². The van der Waals surface area contributed by atoms with E-state index in [1.165, 1.54) is 0 Å². The molecule has 2 atom stereocenters. The van der Waals surface area contributed by atoms with E-state index in [9.17, 15) is 0 Å². The van der Waals surface area contributed by atoms with E-state index >= 15 is 0 Å². The molecule has 0 radical (unpaired) electrons. The molecule has 0 aliphatic carbocycles. The number of ether oxygens (including phenoxy) is 2. The third-order valence-electron chi connectivity index (χ3n) is 3.16. The van der Waals surface area contributed by atoms with Gasteiger partial charge in [0.2, 0.25) is 0 Å². The molecule has 2 heterocycles. The fourth-order valence-corrected chi connectivity index (χ4v) is 2.22. The van der Waals surface area contributed by atoms with E-state index in [0.717, 1.165) is 31.5 Å². The second-order valence-corrected chi connectivity index (χ2v) is 4.66. The predicted octanol–water partition coefficient (Wildman–Crippen LogP) is 1.41. The normalized spacial score (nSPS) is 23.4. The Morgan fingerprint density at radius 2 is 2.28 bits per heavy atom. The zero-order chi connectivity index (χ0) is 12.6. The molecular formula is C14H22N2O2. The van der Waals surface area contributed by atoms with Crippen molar-refractivity contribution >= 4 is 0 Å². The Bertz CT molecular complexity index is 332. The Labute approximate surface area is 109 Å². The van der Waals surface area contributed by atoms with E-state index in [2.05, 4.69) is 10.3 Å². The summed E-state index contributed by atoms with van der Waals surface area (Å²) in [6, 6.07) is 5.96. The van der Waals surface area contributed by atoms with Crippen molar-refractivity contribution in [3.05, 3.63) is 30.1 Å². The lowest BCUT2D eigenvalue weighted by atomic mass is 10.2. The van der Waals surface area contributed by atoms with Crippen LogP contribution in [-0.4, -0.2) is 44.0 Å². The van der Waals surface area contributed by atoms with Crippen LogP contribution in [-0.2, 0) is 15.9 Å². The van der Waals surface area contributed by atoms with Gasteiger partial charge in [-0.1, -0.05) is 6.07 Å². The third-order valence-corrected chi connectivity index (χ3v) is 3.16. The highest BCUT2D eigenvalue weighted by Gasteiger charge is 2.24. The van der Waals surface area contributed by atoms with Crippen molar-refractivity contribution < 1.29 is 9.47 Å². The highest BCUT2D eigenvalue weighted by molar-refractivity contribution is 5.03. The average molecular weight is 250 g/mol. The van der Waals surface area contributed by atoms with Gasteiger partial charge in [0.25, 0.3) is 0 Å². The largest absolute Gasteiger partial charge is 0.378 e. The fraction of sp³-hybridized carbons (Fsp3) is 0.643. The molecule has 2 unspecified atom stereocenters. The molecule has 0 bridgehead atoms. The van der Waals surface area contributed by atoms with Crippen LogP contribution >= 0.6 is 0 Å². The lowest BCUT2D eigenvalue weighted by molar-refractivity contribution is -0.0132. The highest BCUT2D eigenvalue weighted by Crippen LogP contribution is 2.19. The number of aromatic nitrogens is 1. The van der Waals surface area contributed by atoms with Crippen LogP contribution in [0.2, 0.25) is 0 Å². The van der Waals surface area contributed by atoms with Gasteiger partial charge in [0, 0.05) is 24.9 Å². The lowest BCUT2D eigenvalue weighted by Gasteiger charge is -2.13. The molecule has 1 aliphatic heterocycles. The number of rotatable bonds is 7. The molecule has 1 N–H and O–H groups in total. The molecule has 0 spiro atoms. The average Bonchev–Trinajstić information content (AvgIpc) is 2.84. The van der Waals surface area contributed by atoms with Gasteiger partial charge < -0.3 is 14.8 Å². The minimum Gasteiger partial charge on any atom is -0.378 e. The maximum absolute atomic E-state index is 5.85. The Hall–Kier alpha value is -0.970. The van der Waals surface area contributed by atoms with Gasteiger partial charge in [-0.25, -0.2) is 0 Å². The van der Waals surface area contributed by atoms with Gasteiger partial charge in [-0.15, -0.1) is 0 Å². The number of nitrogens with zero attached hydrogens (tertiary/aromatic N) is 1. The zero-order valence-electron chi connectivity index (χ0n) is 11.0. The number of hydrogen-bond acceptors (Lipinski definition) is 4. The number of pyridine rings is 1. The molecule has 1 saturated heterocycles. The van der Waals surface area contributed by atoms with Crippen molar-refractivity contribution in [2.45, 2.75) is 31.5 Å². The predicted molar refractivity (Wildman–Crippen MR) is 70.6 cm³/mol. The van der Waals surface area contributed by atoms with E-state index in [1.54, 1.807) is 0 Å². The maximum atomic E-state index is 5.85. The second kappa shape index (κ2) is 7.46. The van der Waals surface area contributed by atoms with Crippen molar-refractivity contribution in [1.82, 2.24) is 10.3 Å². The maximum Gasteiger partial charge on any atom is 0.0813 e. The summed E-state index contributed by atoms with van der Waals surface area (Å²) < 4.78 is 11.5. The Balaban J connectivity index is 1.56. The molecule has 100 valence electrons. The lowest BCUT2D eigenvalue weighted by Crippen LogP contribution is -2.25. The summed E-state index contributed by atoms with van der Waals surface area (Å²) >= 11 is 0. The molecule has 1 aromatic heterocycles. The fourth-order valence-electron chi connectivity index (χ4n) is 2.22. The van der Waals surface area contributed by atoms with E-state index in [4.69, 9.17) is 9.47 Å². The van der Waals surface area contributed by atoms with Crippen molar-refractivity contribution in [2.24, 2.45) is 0 Å². The van der Waals surface area contributed by atoms with Crippen LogP contribution < -0.4 is 5.32 Å². The van der Waals surface area contributed by atoms with Crippen LogP contribution in [0.15, 0.2) is 24.4 Å². The molecular weight excluding hydrogens is 228 g/mol. The summed E-state index contributed by atoms with van der Waals surface area (Å²) in [5, 5.41) is 3.14. The first-order valence-electron chi connectivity index (χ1n) is 6.66. The van der Waals surface area contributed by atoms with Crippen LogP contribution in [0, 0.1) is 0 Å². The monoisotopic (exact) mass is 250 g/mol. The van der Waals surface area contributed by atoms with Crippen LogP contribution in [0.4, 0.5) is 0 Å². The SMILES string of the molecule is CNCC1CCC(COCCc2ccccn2)O1. The number of likely N-dealkylation sites (N-methyl/N-ethyl adjacent to an activating group) is 1. The molecule has 0 aromatic carbocycles. The van der Waals surface area contributed by atoms with Crippen LogP contribution in [0.3, 0.4) is 0 Å². The van der Waals surface area contributed by atoms with Crippen molar-refractivity contribution in [3.8, 4) is 0 Å². The molecule has 0 saturated carbocycles. The van der Waals surface area contributed by atoms with Crippen LogP contribution in [0.1, 0.15) is 18.5 Å². The Kier molecular flexibility index (Phi) is 5.58. The third kappa shape index (κ3) is 4.37. The van der Waals surface area contributed by atoms with Gasteiger partial charge >= 0.3 is 0 Å². The standard InChI is InChI=1S/C14H22N2O2/c1-15-10-13-5-6-14(18-13)11-17-9-7-12-4-2-3-8-16-12/h2-4,8,13-15H,5-7,9-11H2,1H3. The first-order chi connectivity index (χ1) is 8.88. The smallest absolute Gasteiger partial charge is 0.0813 e. The Morgan fingerprint density at radius 3 is 3.06 bits per heavy atom. The second-order valence-electron chi connectivity index (χ2n) is 4.66. The van der Waals surface area contributed by atoms with Crippen molar-refractivity contribution in [2.75, 3.05) is 26.8 Å². The molecule has 18 heavy (non-hydrogen) atoms. The van der Waals surface area contributed by atoms with Crippen molar-refractivity contribution in [1.29, 1.82) is 0 Å². The summed E-state index contributed by atoms with van der Waals surface area (Å²) in [5.74, 6) is 0. The van der Waals surface area contributed by atoms with Gasteiger partial charge in [-0.05, 0) is 32.0 Å². The molecule has 1 aliphatic rings. The summed E-state index contributed by atoms with van der Waals surface area (Å²) in [5.41, 5.74) is 1.08. The van der Waals surface area contributed by atoms with Crippen molar-refractivity contribution in [3.63, 3.8) is 0 Å². The highest BCUT2D eigenvalue weighted by atomic mass is 16.5. The first-order valence-corrected chi connectivity index (χ1v) is 6.66. The topological polar surface area (TPSA) is 43.4 Å². The molecule has 1 aromatic rings. The van der Waals surface area contributed by atoms with Gasteiger partial charge in [0.05, 0.1) is 25.4 Å². The molecule has 0 amide bonds. The van der Waals surface area contributed by atoms with Gasteiger partial charge in [-0.2, -0.15) is 0 Å². The quantitative estimate of drug-likeness (QED) is 0.743. The molecule has 4 heteroatoms. The zero-order valence-corrected chi connectivity index (χ0v) is 11.0. The molecule has 1 fully saturated rings. The van der Waals surface area contributed by atoms with Gasteiger partial charge in [0.1, 0.15) is 0 Å². The minimum atomic E-state index is 0.270. The molecule has 2 rings (SSSR count). The van der Waals surface area contributed by atoms with E-state index in [1.807, 2.05) is 31.4 Å². The Morgan fingerprint density at radius 1 is 1.39 bits per heavy atom.